The fourth-order valence-electron chi connectivity index (χ4n) is 4.40. The van der Waals surface area contributed by atoms with E-state index in [9.17, 15) is 22.4 Å². The highest BCUT2D eigenvalue weighted by Crippen LogP contribution is 2.38. The predicted octanol–water partition coefficient (Wildman–Crippen LogP) is 5.18. The van der Waals surface area contributed by atoms with Crippen LogP contribution in [-0.4, -0.2) is 66.3 Å². The van der Waals surface area contributed by atoms with E-state index in [1.807, 2.05) is 13.8 Å². The molecule has 198 valence electrons. The molecule has 3 heterocycles. The van der Waals surface area contributed by atoms with Crippen molar-refractivity contribution in [2.45, 2.75) is 38.9 Å². The van der Waals surface area contributed by atoms with Gasteiger partial charge in [-0.25, -0.2) is 9.37 Å². The molecule has 4 rings (SSSR count). The van der Waals surface area contributed by atoms with E-state index in [2.05, 4.69) is 20.1 Å². The summed E-state index contributed by atoms with van der Waals surface area (Å²) in [4.78, 5) is 21.3. The maximum Gasteiger partial charge on any atom is 0.435 e. The van der Waals surface area contributed by atoms with Gasteiger partial charge in [0, 0.05) is 45.8 Å². The first-order chi connectivity index (χ1) is 17.4. The molecule has 3 aromatic rings. The quantitative estimate of drug-likeness (QED) is 0.419. The van der Waals surface area contributed by atoms with Crippen molar-refractivity contribution in [2.75, 3.05) is 44.0 Å². The lowest BCUT2D eigenvalue weighted by Crippen LogP contribution is -2.46. The minimum Gasteiger partial charge on any atom is -0.355 e. The van der Waals surface area contributed by atoms with Crippen molar-refractivity contribution < 1.29 is 22.4 Å². The van der Waals surface area contributed by atoms with Gasteiger partial charge in [-0.2, -0.15) is 13.2 Å². The van der Waals surface area contributed by atoms with Gasteiger partial charge in [0.15, 0.2) is 16.6 Å². The van der Waals surface area contributed by atoms with Crippen LogP contribution >= 0.6 is 11.3 Å². The Bertz CT molecular complexity index is 1280. The number of amides is 1. The normalized spacial score (nSPS) is 14.7. The van der Waals surface area contributed by atoms with Gasteiger partial charge in [-0.1, -0.05) is 11.3 Å². The monoisotopic (exact) mass is 536 g/mol. The lowest BCUT2D eigenvalue weighted by atomic mass is 10.0. The second-order valence-electron chi connectivity index (χ2n) is 9.33. The first kappa shape index (κ1) is 26.8. The van der Waals surface area contributed by atoms with Crippen LogP contribution in [0, 0.1) is 19.7 Å². The van der Waals surface area contributed by atoms with Crippen LogP contribution in [0.3, 0.4) is 0 Å². The summed E-state index contributed by atoms with van der Waals surface area (Å²) < 4.78 is 54.0. The smallest absolute Gasteiger partial charge is 0.355 e. The van der Waals surface area contributed by atoms with E-state index in [0.717, 1.165) is 33.8 Å². The predicted molar refractivity (Wildman–Crippen MR) is 136 cm³/mol. The number of carbonyl (C=O) groups is 1. The van der Waals surface area contributed by atoms with Crippen LogP contribution in [0.4, 0.5) is 28.5 Å². The fourth-order valence-corrected chi connectivity index (χ4v) is 5.39. The minimum absolute atomic E-state index is 0.132. The van der Waals surface area contributed by atoms with Crippen molar-refractivity contribution in [1.29, 1.82) is 0 Å². The first-order valence-electron chi connectivity index (χ1n) is 11.8. The number of nitrogens with zero attached hydrogens (tertiary/aromatic N) is 6. The summed E-state index contributed by atoms with van der Waals surface area (Å²) in [5, 5.41) is 8.96. The number of thiazole rings is 1. The van der Waals surface area contributed by atoms with E-state index < -0.39 is 22.7 Å². The summed E-state index contributed by atoms with van der Waals surface area (Å²) in [6, 6.07) is 5.88. The Morgan fingerprint density at radius 3 is 2.22 bits per heavy atom. The Morgan fingerprint density at radius 2 is 1.65 bits per heavy atom. The second kappa shape index (κ2) is 10.2. The van der Waals surface area contributed by atoms with E-state index in [-0.39, 0.29) is 17.0 Å². The van der Waals surface area contributed by atoms with Gasteiger partial charge in [0.25, 0.3) is 5.91 Å². The molecule has 1 aliphatic rings. The Kier molecular flexibility index (Phi) is 7.40. The third kappa shape index (κ3) is 5.39. The van der Waals surface area contributed by atoms with Crippen LogP contribution in [0.1, 0.15) is 39.3 Å². The molecule has 1 fully saturated rings. The van der Waals surface area contributed by atoms with Crippen LogP contribution < -0.4 is 9.80 Å². The van der Waals surface area contributed by atoms with E-state index in [1.165, 1.54) is 21.9 Å². The number of benzene rings is 1. The van der Waals surface area contributed by atoms with Gasteiger partial charge >= 0.3 is 6.18 Å². The Hall–Kier alpha value is -3.28. The molecule has 1 amide bonds. The molecule has 2 aromatic heterocycles. The van der Waals surface area contributed by atoms with Gasteiger partial charge in [-0.3, -0.25) is 4.79 Å². The molecule has 0 spiro atoms. The van der Waals surface area contributed by atoms with Gasteiger partial charge in [0.1, 0.15) is 10.7 Å². The van der Waals surface area contributed by atoms with Gasteiger partial charge < -0.3 is 14.7 Å². The number of alkyl halides is 3. The van der Waals surface area contributed by atoms with Crippen molar-refractivity contribution in [3.63, 3.8) is 0 Å². The van der Waals surface area contributed by atoms with Crippen molar-refractivity contribution in [3.8, 4) is 11.3 Å². The van der Waals surface area contributed by atoms with Crippen LogP contribution in [-0.2, 0) is 6.18 Å². The van der Waals surface area contributed by atoms with Crippen LogP contribution in [0.25, 0.3) is 11.3 Å². The molecule has 1 aliphatic heterocycles. The number of carbonyl (C=O) groups excluding carboxylic acids is 1. The molecule has 0 aliphatic carbocycles. The number of piperidine rings is 1. The average Bonchev–Trinajstić information content (AvgIpc) is 3.32. The molecule has 0 N–H and O–H groups in total. The molecule has 0 unspecified atom stereocenters. The third-order valence-electron chi connectivity index (χ3n) is 6.71. The number of anilines is 2. The van der Waals surface area contributed by atoms with Crippen molar-refractivity contribution in [3.05, 3.63) is 51.8 Å². The lowest BCUT2D eigenvalue weighted by molar-refractivity contribution is -0.141. The number of halogens is 4. The van der Waals surface area contributed by atoms with E-state index >= 15 is 0 Å². The maximum absolute atomic E-state index is 13.6. The maximum atomic E-state index is 13.6. The fraction of sp³-hybridized carbons (Fsp3) is 0.440. The standard InChI is InChI=1S/C25H28F4N6OS/c1-14-15(2)22(32-31-19(14)16-6-8-17(26)9-7-16)35-12-10-18(11-13-35)34(5)23(36)20-21(25(27,28)29)30-24(37-20)33(3)4/h6-9,18H,10-13H2,1-5H3. The van der Waals surface area contributed by atoms with Gasteiger partial charge in [-0.05, 0) is 62.1 Å². The molecular formula is C25H28F4N6OS. The molecule has 0 atom stereocenters. The molecule has 1 aromatic carbocycles. The summed E-state index contributed by atoms with van der Waals surface area (Å²) in [7, 11) is 4.72. The highest BCUT2D eigenvalue weighted by atomic mass is 32.1. The summed E-state index contributed by atoms with van der Waals surface area (Å²) in [5.41, 5.74) is 2.21. The van der Waals surface area contributed by atoms with Gasteiger partial charge in [-0.15, -0.1) is 10.2 Å². The second-order valence-corrected chi connectivity index (χ2v) is 10.3. The zero-order valence-corrected chi connectivity index (χ0v) is 22.0. The Morgan fingerprint density at radius 1 is 1.03 bits per heavy atom. The SMILES string of the molecule is Cc1c(-c2ccc(F)cc2)nnc(N2CCC(N(C)C(=O)c3sc(N(C)C)nc3C(F)(F)F)CC2)c1C. The zero-order valence-electron chi connectivity index (χ0n) is 21.2. The van der Waals surface area contributed by atoms with E-state index in [4.69, 9.17) is 0 Å². The lowest BCUT2D eigenvalue weighted by Gasteiger charge is -2.37. The molecular weight excluding hydrogens is 508 g/mol. The minimum atomic E-state index is -4.71. The van der Waals surface area contributed by atoms with Crippen molar-refractivity contribution >= 4 is 28.2 Å². The number of hydrogen-bond acceptors (Lipinski definition) is 7. The topological polar surface area (TPSA) is 65.5 Å². The van der Waals surface area contributed by atoms with Crippen LogP contribution in [0.15, 0.2) is 24.3 Å². The molecule has 37 heavy (non-hydrogen) atoms. The number of aromatic nitrogens is 3. The van der Waals surface area contributed by atoms with Gasteiger partial charge in [0.2, 0.25) is 0 Å². The summed E-state index contributed by atoms with van der Waals surface area (Å²) in [6.07, 6.45) is -3.57. The van der Waals surface area contributed by atoms with E-state index in [1.54, 1.807) is 33.3 Å². The molecule has 7 nitrogen and oxygen atoms in total. The summed E-state index contributed by atoms with van der Waals surface area (Å²) >= 11 is 0.750. The zero-order chi connectivity index (χ0) is 27.1. The van der Waals surface area contributed by atoms with Gasteiger partial charge in [0.05, 0.1) is 5.69 Å². The first-order valence-corrected chi connectivity index (χ1v) is 12.6. The van der Waals surface area contributed by atoms with Crippen molar-refractivity contribution in [2.24, 2.45) is 0 Å². The third-order valence-corrected chi connectivity index (χ3v) is 7.92. The highest BCUT2D eigenvalue weighted by Gasteiger charge is 2.41. The highest BCUT2D eigenvalue weighted by molar-refractivity contribution is 7.17. The Labute approximate surface area is 216 Å². The molecule has 0 bridgehead atoms. The van der Waals surface area contributed by atoms with E-state index in [0.29, 0.717) is 31.6 Å². The summed E-state index contributed by atoms with van der Waals surface area (Å²) in [6.45, 7) is 5.05. The number of hydrogen-bond donors (Lipinski definition) is 0. The largest absolute Gasteiger partial charge is 0.435 e. The average molecular weight is 537 g/mol. The molecule has 0 radical (unpaired) electrons. The molecule has 0 saturated carbocycles. The van der Waals surface area contributed by atoms with Crippen LogP contribution in [0.5, 0.6) is 0 Å². The molecule has 1 saturated heterocycles. The Balaban J connectivity index is 1.48. The molecule has 12 heteroatoms. The van der Waals surface area contributed by atoms with Crippen LogP contribution in [0.2, 0.25) is 0 Å². The van der Waals surface area contributed by atoms with Crippen molar-refractivity contribution in [1.82, 2.24) is 20.1 Å². The number of rotatable bonds is 5. The summed E-state index contributed by atoms with van der Waals surface area (Å²) in [5.74, 6) is -0.266.